The van der Waals surface area contributed by atoms with E-state index in [1.807, 2.05) is 18.2 Å². The molecule has 0 unspecified atom stereocenters. The van der Waals surface area contributed by atoms with E-state index in [1.165, 1.54) is 37.8 Å². The lowest BCUT2D eigenvalue weighted by Crippen LogP contribution is -2.42. The number of hydrogen-bond acceptors (Lipinski definition) is 4. The van der Waals surface area contributed by atoms with Crippen LogP contribution in [0.25, 0.3) is 5.52 Å². The Hall–Kier alpha value is -2.67. The van der Waals surface area contributed by atoms with Crippen LogP contribution in [-0.4, -0.2) is 42.8 Å². The first-order chi connectivity index (χ1) is 13.8. The second-order valence-electron chi connectivity index (χ2n) is 7.87. The topological polar surface area (TPSA) is 67.5 Å². The molecular weight excluding hydrogens is 352 g/mol. The van der Waals surface area contributed by atoms with Gasteiger partial charge in [-0.15, -0.1) is 0 Å². The van der Waals surface area contributed by atoms with Crippen LogP contribution in [0.3, 0.4) is 0 Å². The first kappa shape index (κ1) is 17.4. The molecular formula is C21H26N6O. The van der Waals surface area contributed by atoms with Crippen LogP contribution in [0.2, 0.25) is 0 Å². The van der Waals surface area contributed by atoms with Crippen molar-refractivity contribution < 1.29 is 4.79 Å². The average Bonchev–Trinajstić information content (AvgIpc) is 3.38. The Kier molecular flexibility index (Phi) is 4.60. The number of fused-ring (bicyclic) bond motifs is 2. The number of aromatic nitrogens is 4. The van der Waals surface area contributed by atoms with Crippen LogP contribution in [-0.2, 0) is 19.6 Å². The van der Waals surface area contributed by atoms with E-state index < -0.39 is 0 Å². The second-order valence-corrected chi connectivity index (χ2v) is 7.87. The largest absolute Gasteiger partial charge is 0.345 e. The number of pyridine rings is 1. The third-order valence-corrected chi connectivity index (χ3v) is 6.05. The van der Waals surface area contributed by atoms with Gasteiger partial charge in [0.25, 0.3) is 5.91 Å². The quantitative estimate of drug-likeness (QED) is 0.758. The number of nitrogens with one attached hydrogen (secondary N) is 1. The lowest BCUT2D eigenvalue weighted by atomic mass is 9.94. The van der Waals surface area contributed by atoms with E-state index in [4.69, 9.17) is 5.10 Å². The predicted molar refractivity (Wildman–Crippen MR) is 106 cm³/mol. The molecule has 28 heavy (non-hydrogen) atoms. The minimum absolute atomic E-state index is 0.135. The summed E-state index contributed by atoms with van der Waals surface area (Å²) in [5, 5.41) is 11.9. The van der Waals surface area contributed by atoms with E-state index in [0.29, 0.717) is 12.2 Å². The molecule has 0 atom stereocenters. The van der Waals surface area contributed by atoms with Crippen molar-refractivity contribution in [1.29, 1.82) is 0 Å². The summed E-state index contributed by atoms with van der Waals surface area (Å²) in [5.41, 5.74) is 3.62. The maximum atomic E-state index is 12.6. The summed E-state index contributed by atoms with van der Waals surface area (Å²) >= 11 is 0. The van der Waals surface area contributed by atoms with Gasteiger partial charge in [0, 0.05) is 19.1 Å². The Morgan fingerprint density at radius 2 is 2.04 bits per heavy atom. The van der Waals surface area contributed by atoms with Crippen LogP contribution < -0.4 is 5.32 Å². The van der Waals surface area contributed by atoms with Crippen molar-refractivity contribution in [2.24, 2.45) is 0 Å². The average molecular weight is 378 g/mol. The first-order valence-electron chi connectivity index (χ1n) is 10.3. The van der Waals surface area contributed by atoms with Crippen molar-refractivity contribution in [2.45, 2.75) is 57.8 Å². The molecule has 1 N–H and O–H groups in total. The molecule has 3 aromatic heterocycles. The van der Waals surface area contributed by atoms with Crippen molar-refractivity contribution in [3.8, 4) is 0 Å². The lowest BCUT2D eigenvalue weighted by Gasteiger charge is -2.36. The Balaban J connectivity index is 1.24. The molecule has 7 nitrogen and oxygen atoms in total. The third-order valence-electron chi connectivity index (χ3n) is 6.05. The number of amides is 1. The van der Waals surface area contributed by atoms with Gasteiger partial charge in [-0.3, -0.25) is 14.4 Å². The van der Waals surface area contributed by atoms with Gasteiger partial charge >= 0.3 is 0 Å². The zero-order chi connectivity index (χ0) is 18.9. The maximum Gasteiger partial charge on any atom is 0.270 e. The highest BCUT2D eigenvalue weighted by Gasteiger charge is 2.26. The van der Waals surface area contributed by atoms with Crippen molar-refractivity contribution in [2.75, 3.05) is 6.54 Å². The summed E-state index contributed by atoms with van der Waals surface area (Å²) in [5.74, 6) is -0.135. The normalized spacial score (nSPS) is 18.3. The molecule has 3 aromatic rings. The van der Waals surface area contributed by atoms with Crippen molar-refractivity contribution in [3.63, 3.8) is 0 Å². The lowest BCUT2D eigenvalue weighted by molar-refractivity contribution is 0.0942. The number of nitrogens with zero attached hydrogens (tertiary/aromatic N) is 5. The monoisotopic (exact) mass is 378 g/mol. The van der Waals surface area contributed by atoms with E-state index in [-0.39, 0.29) is 5.91 Å². The second kappa shape index (κ2) is 7.39. The zero-order valence-corrected chi connectivity index (χ0v) is 16.0. The summed E-state index contributed by atoms with van der Waals surface area (Å²) in [4.78, 5) is 15.2. The Morgan fingerprint density at radius 1 is 1.14 bits per heavy atom. The van der Waals surface area contributed by atoms with Gasteiger partial charge in [-0.1, -0.05) is 25.3 Å². The van der Waals surface area contributed by atoms with E-state index in [9.17, 15) is 4.79 Å². The Morgan fingerprint density at radius 3 is 2.93 bits per heavy atom. The fraction of sp³-hybridized carbons (Fsp3) is 0.476. The highest BCUT2D eigenvalue weighted by atomic mass is 16.2. The van der Waals surface area contributed by atoms with Gasteiger partial charge in [-0.2, -0.15) is 10.2 Å². The molecule has 0 saturated heterocycles. The predicted octanol–water partition coefficient (Wildman–Crippen LogP) is 2.61. The third kappa shape index (κ3) is 3.30. The van der Waals surface area contributed by atoms with Crippen LogP contribution in [0.4, 0.5) is 0 Å². The molecule has 1 amide bonds. The van der Waals surface area contributed by atoms with Crippen LogP contribution in [0.5, 0.6) is 0 Å². The smallest absolute Gasteiger partial charge is 0.270 e. The molecule has 0 radical (unpaired) electrons. The van der Waals surface area contributed by atoms with Crippen LogP contribution >= 0.6 is 0 Å². The van der Waals surface area contributed by atoms with Crippen LogP contribution in [0.15, 0.2) is 36.5 Å². The summed E-state index contributed by atoms with van der Waals surface area (Å²) < 4.78 is 3.77. The molecule has 1 saturated carbocycles. The van der Waals surface area contributed by atoms with Gasteiger partial charge in [-0.25, -0.2) is 4.52 Å². The van der Waals surface area contributed by atoms with Gasteiger partial charge in [-0.05, 0) is 37.1 Å². The SMILES string of the molecule is O=C(NCc1cc2n(n1)CCN(C1CCCCC1)C2)c1cccc2ccnn12. The van der Waals surface area contributed by atoms with Gasteiger partial charge < -0.3 is 5.32 Å². The minimum atomic E-state index is -0.135. The molecule has 2 aliphatic rings. The van der Waals surface area contributed by atoms with E-state index >= 15 is 0 Å². The highest BCUT2D eigenvalue weighted by Crippen LogP contribution is 2.26. The maximum absolute atomic E-state index is 12.6. The molecule has 146 valence electrons. The fourth-order valence-electron chi connectivity index (χ4n) is 4.57. The molecule has 0 bridgehead atoms. The van der Waals surface area contributed by atoms with Crippen LogP contribution in [0.1, 0.15) is 54.0 Å². The van der Waals surface area contributed by atoms with E-state index in [1.54, 1.807) is 16.8 Å². The Labute approximate surface area is 164 Å². The molecule has 5 rings (SSSR count). The van der Waals surface area contributed by atoms with Gasteiger partial charge in [0.2, 0.25) is 0 Å². The van der Waals surface area contributed by atoms with Gasteiger partial charge in [0.15, 0.2) is 0 Å². The van der Waals surface area contributed by atoms with Crippen molar-refractivity contribution >= 4 is 11.4 Å². The summed E-state index contributed by atoms with van der Waals surface area (Å²) in [7, 11) is 0. The fourth-order valence-corrected chi connectivity index (χ4v) is 4.57. The highest BCUT2D eigenvalue weighted by molar-refractivity contribution is 5.93. The van der Waals surface area contributed by atoms with Crippen molar-refractivity contribution in [3.05, 3.63) is 53.6 Å². The molecule has 4 heterocycles. The van der Waals surface area contributed by atoms with Crippen LogP contribution in [0, 0.1) is 0 Å². The molecule has 1 fully saturated rings. The molecule has 0 aromatic carbocycles. The van der Waals surface area contributed by atoms with Gasteiger partial charge in [0.1, 0.15) is 5.69 Å². The molecule has 1 aliphatic heterocycles. The summed E-state index contributed by atoms with van der Waals surface area (Å²) in [6, 6.07) is 10.4. The number of carbonyl (C=O) groups excluding carboxylic acids is 1. The standard InChI is InChI=1S/C21H26N6O/c28-21(20-8-4-7-18-9-10-23-27(18)20)22-14-16-13-19-15-25(11-12-26(19)24-16)17-5-2-1-3-6-17/h4,7-10,13,17H,1-3,5-6,11-12,14-15H2,(H,22,28). The van der Waals surface area contributed by atoms with E-state index in [2.05, 4.69) is 26.1 Å². The minimum Gasteiger partial charge on any atom is -0.345 e. The number of carbonyl (C=O) groups is 1. The molecule has 1 aliphatic carbocycles. The van der Waals surface area contributed by atoms with E-state index in [0.717, 1.165) is 36.9 Å². The Bertz CT molecular complexity index is 984. The summed E-state index contributed by atoms with van der Waals surface area (Å²) in [6.45, 7) is 3.41. The first-order valence-corrected chi connectivity index (χ1v) is 10.3. The van der Waals surface area contributed by atoms with Crippen molar-refractivity contribution in [1.82, 2.24) is 29.6 Å². The molecule has 0 spiro atoms. The van der Waals surface area contributed by atoms with Gasteiger partial charge in [0.05, 0.1) is 36.2 Å². The zero-order valence-electron chi connectivity index (χ0n) is 16.0. The summed E-state index contributed by atoms with van der Waals surface area (Å²) in [6.07, 6.45) is 8.47. The molecule has 7 heteroatoms. The number of hydrogen-bond donors (Lipinski definition) is 1. The number of rotatable bonds is 4.